The summed E-state index contributed by atoms with van der Waals surface area (Å²) in [6, 6.07) is 0.320. The fourth-order valence-corrected chi connectivity index (χ4v) is 1.18. The van der Waals surface area contributed by atoms with Gasteiger partial charge in [-0.05, 0) is 27.9 Å². The van der Waals surface area contributed by atoms with Crippen LogP contribution in [0, 0.1) is 6.92 Å². The number of nitrogens with two attached hydrogens (primary N) is 1. The lowest BCUT2D eigenvalue weighted by Crippen LogP contribution is -2.18. The van der Waals surface area contributed by atoms with E-state index in [0.29, 0.717) is 12.0 Å². The fourth-order valence-electron chi connectivity index (χ4n) is 1.18. The maximum atomic E-state index is 5.47. The Labute approximate surface area is 78.8 Å². The third-order valence-corrected chi connectivity index (χ3v) is 2.26. The van der Waals surface area contributed by atoms with E-state index in [0.717, 1.165) is 11.3 Å². The zero-order chi connectivity index (χ0) is 10.0. The molecule has 0 amide bonds. The minimum atomic E-state index is 0.320. The quantitative estimate of drug-likeness (QED) is 0.737. The predicted molar refractivity (Wildman–Crippen MR) is 53.3 cm³/mol. The van der Waals surface area contributed by atoms with Gasteiger partial charge in [-0.25, -0.2) is 9.97 Å². The predicted octanol–water partition coefficient (Wildman–Crippen LogP) is 0.990. The van der Waals surface area contributed by atoms with Crippen LogP contribution < -0.4 is 5.73 Å². The second-order valence-corrected chi connectivity index (χ2v) is 3.41. The van der Waals surface area contributed by atoms with Crippen LogP contribution in [0.2, 0.25) is 0 Å². The Balaban J connectivity index is 3.01. The number of rotatable bonds is 2. The number of anilines is 1. The minimum absolute atomic E-state index is 0.320. The number of nitrogen functional groups attached to an aromatic ring is 1. The van der Waals surface area contributed by atoms with Gasteiger partial charge in [0.05, 0.1) is 0 Å². The van der Waals surface area contributed by atoms with Gasteiger partial charge in [0.15, 0.2) is 0 Å². The van der Waals surface area contributed by atoms with Crippen LogP contribution in [0.1, 0.15) is 24.2 Å². The van der Waals surface area contributed by atoms with Gasteiger partial charge in [-0.15, -0.1) is 0 Å². The average molecular weight is 180 g/mol. The van der Waals surface area contributed by atoms with Crippen LogP contribution in [-0.2, 0) is 0 Å². The highest BCUT2D eigenvalue weighted by molar-refractivity contribution is 5.26. The highest BCUT2D eigenvalue weighted by Crippen LogP contribution is 2.18. The fraction of sp³-hybridized carbons (Fsp3) is 0.556. The molecule has 0 saturated heterocycles. The van der Waals surface area contributed by atoms with Crippen molar-refractivity contribution in [2.75, 3.05) is 19.8 Å². The van der Waals surface area contributed by atoms with Gasteiger partial charge in [-0.2, -0.15) is 0 Å². The average Bonchev–Trinajstić information content (AvgIpc) is 2.03. The first kappa shape index (κ1) is 9.92. The molecule has 2 N–H and O–H groups in total. The number of hydrogen-bond donors (Lipinski definition) is 1. The van der Waals surface area contributed by atoms with Gasteiger partial charge in [0.2, 0.25) is 5.95 Å². The summed E-state index contributed by atoms with van der Waals surface area (Å²) in [4.78, 5) is 10.2. The SMILES string of the molecule is Cc1nc(N)ncc1[C@@H](C)N(C)C. The van der Waals surface area contributed by atoms with Crippen molar-refractivity contribution in [3.8, 4) is 0 Å². The summed E-state index contributed by atoms with van der Waals surface area (Å²) in [5, 5.41) is 0. The molecule has 1 heterocycles. The van der Waals surface area contributed by atoms with Crippen LogP contribution in [-0.4, -0.2) is 29.0 Å². The van der Waals surface area contributed by atoms with Gasteiger partial charge in [0.25, 0.3) is 0 Å². The molecule has 0 bridgehead atoms. The summed E-state index contributed by atoms with van der Waals surface area (Å²) in [7, 11) is 4.06. The van der Waals surface area contributed by atoms with Crippen molar-refractivity contribution >= 4 is 5.95 Å². The molecule has 0 aliphatic carbocycles. The molecule has 1 aromatic heterocycles. The normalized spacial score (nSPS) is 13.3. The van der Waals surface area contributed by atoms with Crippen molar-refractivity contribution in [3.63, 3.8) is 0 Å². The Morgan fingerprint density at radius 3 is 2.54 bits per heavy atom. The standard InChI is InChI=1S/C9H16N4/c1-6-8(7(2)13(3)4)5-11-9(10)12-6/h5,7H,1-4H3,(H2,10,11,12)/t7-/m1/s1. The summed E-state index contributed by atoms with van der Waals surface area (Å²) in [5.74, 6) is 0.340. The molecule has 13 heavy (non-hydrogen) atoms. The Morgan fingerprint density at radius 2 is 2.08 bits per heavy atom. The summed E-state index contributed by atoms with van der Waals surface area (Å²) >= 11 is 0. The van der Waals surface area contributed by atoms with Crippen molar-refractivity contribution in [2.45, 2.75) is 19.9 Å². The maximum absolute atomic E-state index is 5.47. The molecule has 1 atom stereocenters. The first-order valence-corrected chi connectivity index (χ1v) is 4.28. The molecular formula is C9H16N4. The van der Waals surface area contributed by atoms with E-state index < -0.39 is 0 Å². The molecule has 0 fully saturated rings. The van der Waals surface area contributed by atoms with E-state index in [1.165, 1.54) is 0 Å². The number of aromatic nitrogens is 2. The molecule has 72 valence electrons. The Morgan fingerprint density at radius 1 is 1.46 bits per heavy atom. The van der Waals surface area contributed by atoms with E-state index in [1.807, 2.05) is 21.0 Å². The third kappa shape index (κ3) is 2.15. The van der Waals surface area contributed by atoms with Gasteiger partial charge >= 0.3 is 0 Å². The van der Waals surface area contributed by atoms with Crippen molar-refractivity contribution in [2.24, 2.45) is 0 Å². The first-order valence-electron chi connectivity index (χ1n) is 4.28. The lowest BCUT2D eigenvalue weighted by atomic mass is 10.1. The molecule has 0 radical (unpaired) electrons. The molecule has 0 aliphatic heterocycles. The molecule has 0 saturated carbocycles. The Bertz CT molecular complexity index is 296. The third-order valence-electron chi connectivity index (χ3n) is 2.26. The van der Waals surface area contributed by atoms with Gasteiger partial charge in [0.1, 0.15) is 0 Å². The van der Waals surface area contributed by atoms with Crippen LogP contribution in [0.4, 0.5) is 5.95 Å². The van der Waals surface area contributed by atoms with Crippen LogP contribution >= 0.6 is 0 Å². The topological polar surface area (TPSA) is 55.0 Å². The Hall–Kier alpha value is -1.16. The summed E-state index contributed by atoms with van der Waals surface area (Å²) in [6.07, 6.45) is 1.79. The molecule has 0 spiro atoms. The van der Waals surface area contributed by atoms with E-state index in [4.69, 9.17) is 5.73 Å². The number of nitrogens with zero attached hydrogens (tertiary/aromatic N) is 3. The van der Waals surface area contributed by atoms with Crippen molar-refractivity contribution in [1.82, 2.24) is 14.9 Å². The summed E-state index contributed by atoms with van der Waals surface area (Å²) < 4.78 is 0. The van der Waals surface area contributed by atoms with Crippen LogP contribution in [0.25, 0.3) is 0 Å². The van der Waals surface area contributed by atoms with Gasteiger partial charge in [-0.1, -0.05) is 0 Å². The molecular weight excluding hydrogens is 164 g/mol. The van der Waals surface area contributed by atoms with Gasteiger partial charge in [0, 0.05) is 23.5 Å². The largest absolute Gasteiger partial charge is 0.368 e. The van der Waals surface area contributed by atoms with Crippen molar-refractivity contribution in [1.29, 1.82) is 0 Å². The van der Waals surface area contributed by atoms with E-state index in [9.17, 15) is 0 Å². The van der Waals surface area contributed by atoms with E-state index >= 15 is 0 Å². The summed E-state index contributed by atoms with van der Waals surface area (Å²) in [5.41, 5.74) is 7.54. The molecule has 0 unspecified atom stereocenters. The van der Waals surface area contributed by atoms with Gasteiger partial charge in [-0.3, -0.25) is 0 Å². The molecule has 0 aromatic carbocycles. The minimum Gasteiger partial charge on any atom is -0.368 e. The second-order valence-electron chi connectivity index (χ2n) is 3.41. The lowest BCUT2D eigenvalue weighted by Gasteiger charge is -2.20. The number of hydrogen-bond acceptors (Lipinski definition) is 4. The van der Waals surface area contributed by atoms with Crippen molar-refractivity contribution in [3.05, 3.63) is 17.5 Å². The zero-order valence-electron chi connectivity index (χ0n) is 8.57. The highest BCUT2D eigenvalue weighted by Gasteiger charge is 2.11. The van der Waals surface area contributed by atoms with Crippen molar-refractivity contribution < 1.29 is 0 Å². The molecule has 4 nitrogen and oxygen atoms in total. The monoisotopic (exact) mass is 180 g/mol. The highest BCUT2D eigenvalue weighted by atomic mass is 15.1. The van der Waals surface area contributed by atoms with E-state index in [2.05, 4.69) is 21.8 Å². The summed E-state index contributed by atoms with van der Waals surface area (Å²) in [6.45, 7) is 4.06. The first-order chi connectivity index (χ1) is 6.02. The second kappa shape index (κ2) is 3.70. The molecule has 1 rings (SSSR count). The molecule has 4 heteroatoms. The van der Waals surface area contributed by atoms with E-state index in [1.54, 1.807) is 6.20 Å². The zero-order valence-corrected chi connectivity index (χ0v) is 8.57. The van der Waals surface area contributed by atoms with Crippen LogP contribution in [0.5, 0.6) is 0 Å². The van der Waals surface area contributed by atoms with E-state index in [-0.39, 0.29) is 0 Å². The maximum Gasteiger partial charge on any atom is 0.220 e. The number of aryl methyl sites for hydroxylation is 1. The Kier molecular flexibility index (Phi) is 2.83. The molecule has 0 aliphatic rings. The molecule has 1 aromatic rings. The van der Waals surface area contributed by atoms with Gasteiger partial charge < -0.3 is 10.6 Å². The smallest absolute Gasteiger partial charge is 0.220 e. The van der Waals surface area contributed by atoms with Crippen LogP contribution in [0.15, 0.2) is 6.20 Å². The van der Waals surface area contributed by atoms with Crippen LogP contribution in [0.3, 0.4) is 0 Å². The lowest BCUT2D eigenvalue weighted by molar-refractivity contribution is 0.319.